The Labute approximate surface area is 91.4 Å². The second kappa shape index (κ2) is 4.19. The number of halogens is 5. The second-order valence-corrected chi connectivity index (χ2v) is 3.57. The molecule has 80 valence electrons. The molecular formula is C9H4BrF4N. The van der Waals surface area contributed by atoms with E-state index in [1.165, 1.54) is 0 Å². The van der Waals surface area contributed by atoms with E-state index >= 15 is 0 Å². The van der Waals surface area contributed by atoms with Crippen molar-refractivity contribution in [2.24, 2.45) is 0 Å². The maximum absolute atomic E-state index is 13.3. The number of hydrogen-bond acceptors (Lipinski definition) is 1. The molecule has 0 N–H and O–H groups in total. The first kappa shape index (κ1) is 12.0. The van der Waals surface area contributed by atoms with Crippen LogP contribution in [-0.2, 0) is 12.6 Å². The van der Waals surface area contributed by atoms with Crippen molar-refractivity contribution < 1.29 is 17.6 Å². The first-order chi connectivity index (χ1) is 6.88. The highest BCUT2D eigenvalue weighted by Gasteiger charge is 2.35. The number of hydrogen-bond donors (Lipinski definition) is 0. The average molecular weight is 282 g/mol. The lowest BCUT2D eigenvalue weighted by Gasteiger charge is -2.11. The summed E-state index contributed by atoms with van der Waals surface area (Å²) in [6.07, 6.45) is -5.15. The Morgan fingerprint density at radius 1 is 1.33 bits per heavy atom. The zero-order chi connectivity index (χ0) is 11.6. The van der Waals surface area contributed by atoms with Gasteiger partial charge in [-0.25, -0.2) is 4.39 Å². The van der Waals surface area contributed by atoms with Crippen molar-refractivity contribution in [2.75, 3.05) is 0 Å². The van der Waals surface area contributed by atoms with Crippen LogP contribution in [0.4, 0.5) is 17.6 Å². The number of nitriles is 1. The Morgan fingerprint density at radius 3 is 2.40 bits per heavy atom. The Balaban J connectivity index is 3.36. The minimum absolute atomic E-state index is 0.162. The Morgan fingerprint density at radius 2 is 1.93 bits per heavy atom. The first-order valence-corrected chi connectivity index (χ1v) is 4.58. The molecule has 1 aromatic rings. The van der Waals surface area contributed by atoms with Crippen molar-refractivity contribution in [1.82, 2.24) is 0 Å². The first-order valence-electron chi connectivity index (χ1n) is 3.79. The van der Waals surface area contributed by atoms with Crippen LogP contribution in [0.3, 0.4) is 0 Å². The van der Waals surface area contributed by atoms with Crippen LogP contribution in [0, 0.1) is 17.1 Å². The van der Waals surface area contributed by atoms with E-state index < -0.39 is 24.0 Å². The third-order valence-corrected chi connectivity index (χ3v) is 2.49. The monoisotopic (exact) mass is 281 g/mol. The Bertz CT molecular complexity index is 419. The third-order valence-electron chi connectivity index (χ3n) is 1.75. The van der Waals surface area contributed by atoms with E-state index in [1.54, 1.807) is 6.07 Å². The molecular weight excluding hydrogens is 278 g/mol. The normalized spacial score (nSPS) is 11.2. The van der Waals surface area contributed by atoms with Gasteiger partial charge in [0.25, 0.3) is 0 Å². The summed E-state index contributed by atoms with van der Waals surface area (Å²) in [4.78, 5) is 0. The predicted octanol–water partition coefficient (Wildman–Crippen LogP) is 3.67. The summed E-state index contributed by atoms with van der Waals surface area (Å²) in [5, 5.41) is 8.34. The van der Waals surface area contributed by atoms with Gasteiger partial charge in [0.2, 0.25) is 0 Å². The van der Waals surface area contributed by atoms with Gasteiger partial charge in [-0.1, -0.05) is 15.9 Å². The van der Waals surface area contributed by atoms with Gasteiger partial charge in [-0.05, 0) is 12.1 Å². The van der Waals surface area contributed by atoms with Gasteiger partial charge in [0.05, 0.1) is 18.1 Å². The molecule has 0 unspecified atom stereocenters. The van der Waals surface area contributed by atoms with E-state index in [0.29, 0.717) is 6.07 Å². The fourth-order valence-electron chi connectivity index (χ4n) is 1.06. The summed E-state index contributed by atoms with van der Waals surface area (Å²) in [5.74, 6) is -1.39. The predicted molar refractivity (Wildman–Crippen MR) is 48.4 cm³/mol. The minimum Gasteiger partial charge on any atom is -0.206 e. The van der Waals surface area contributed by atoms with Crippen LogP contribution >= 0.6 is 15.9 Å². The summed E-state index contributed by atoms with van der Waals surface area (Å²) in [6, 6.07) is 3.33. The summed E-state index contributed by atoms with van der Waals surface area (Å²) in [6.45, 7) is 0. The van der Waals surface area contributed by atoms with Gasteiger partial charge in [-0.2, -0.15) is 18.4 Å². The topological polar surface area (TPSA) is 23.8 Å². The minimum atomic E-state index is -4.74. The average Bonchev–Trinajstić information content (AvgIpc) is 2.09. The molecule has 0 saturated carbocycles. The van der Waals surface area contributed by atoms with Crippen LogP contribution in [-0.4, -0.2) is 0 Å². The van der Waals surface area contributed by atoms with Crippen molar-refractivity contribution in [3.8, 4) is 6.07 Å². The van der Waals surface area contributed by atoms with Gasteiger partial charge in [0.1, 0.15) is 5.82 Å². The van der Waals surface area contributed by atoms with Crippen molar-refractivity contribution in [3.63, 3.8) is 0 Å². The molecule has 0 aliphatic rings. The van der Waals surface area contributed by atoms with Crippen molar-refractivity contribution >= 4 is 15.9 Å². The fourth-order valence-corrected chi connectivity index (χ4v) is 1.50. The number of nitrogens with zero attached hydrogens (tertiary/aromatic N) is 1. The Hall–Kier alpha value is -1.09. The number of alkyl halides is 3. The standard InChI is InChI=1S/C9H4BrF4N/c10-7-2-1-6(9(12,13)14)8(11)5(7)3-4-15/h1-2H,3H2. The molecule has 0 bridgehead atoms. The molecule has 0 saturated heterocycles. The molecule has 1 aromatic carbocycles. The van der Waals surface area contributed by atoms with E-state index in [-0.39, 0.29) is 10.0 Å². The fraction of sp³-hybridized carbons (Fsp3) is 0.222. The maximum Gasteiger partial charge on any atom is 0.419 e. The molecule has 0 amide bonds. The summed E-state index contributed by atoms with van der Waals surface area (Å²) < 4.78 is 50.3. The maximum atomic E-state index is 13.3. The van der Waals surface area contributed by atoms with Crippen LogP contribution in [0.5, 0.6) is 0 Å². The number of rotatable bonds is 1. The van der Waals surface area contributed by atoms with Gasteiger partial charge >= 0.3 is 6.18 Å². The van der Waals surface area contributed by atoms with Gasteiger partial charge in [0.15, 0.2) is 0 Å². The highest BCUT2D eigenvalue weighted by Crippen LogP contribution is 2.34. The van der Waals surface area contributed by atoms with Crippen LogP contribution in [0.25, 0.3) is 0 Å². The van der Waals surface area contributed by atoms with E-state index in [0.717, 1.165) is 6.07 Å². The van der Waals surface area contributed by atoms with Crippen LogP contribution in [0.2, 0.25) is 0 Å². The lowest BCUT2D eigenvalue weighted by molar-refractivity contribution is -0.140. The molecule has 1 rings (SSSR count). The highest BCUT2D eigenvalue weighted by atomic mass is 79.9. The molecule has 1 nitrogen and oxygen atoms in total. The third kappa shape index (κ3) is 2.48. The molecule has 15 heavy (non-hydrogen) atoms. The van der Waals surface area contributed by atoms with E-state index in [4.69, 9.17) is 5.26 Å². The van der Waals surface area contributed by atoms with Gasteiger partial charge in [0, 0.05) is 10.0 Å². The highest BCUT2D eigenvalue weighted by molar-refractivity contribution is 9.10. The van der Waals surface area contributed by atoms with E-state index in [1.807, 2.05) is 0 Å². The molecule has 0 atom stereocenters. The molecule has 0 spiro atoms. The van der Waals surface area contributed by atoms with Crippen molar-refractivity contribution in [3.05, 3.63) is 33.5 Å². The van der Waals surface area contributed by atoms with Gasteiger partial charge in [-0.15, -0.1) is 0 Å². The zero-order valence-corrected chi connectivity index (χ0v) is 8.78. The van der Waals surface area contributed by atoms with Crippen LogP contribution in [0.15, 0.2) is 16.6 Å². The van der Waals surface area contributed by atoms with Crippen molar-refractivity contribution in [2.45, 2.75) is 12.6 Å². The molecule has 0 fully saturated rings. The second-order valence-electron chi connectivity index (χ2n) is 2.72. The lowest BCUT2D eigenvalue weighted by atomic mass is 10.1. The molecule has 6 heteroatoms. The van der Waals surface area contributed by atoms with Crippen LogP contribution < -0.4 is 0 Å². The molecule has 0 aromatic heterocycles. The largest absolute Gasteiger partial charge is 0.419 e. The van der Waals surface area contributed by atoms with Gasteiger partial charge in [-0.3, -0.25) is 0 Å². The summed E-state index contributed by atoms with van der Waals surface area (Å²) >= 11 is 2.89. The van der Waals surface area contributed by atoms with E-state index in [9.17, 15) is 17.6 Å². The zero-order valence-electron chi connectivity index (χ0n) is 7.20. The SMILES string of the molecule is N#CCc1c(Br)ccc(C(F)(F)F)c1F. The smallest absolute Gasteiger partial charge is 0.206 e. The lowest BCUT2D eigenvalue weighted by Crippen LogP contribution is -2.10. The van der Waals surface area contributed by atoms with Crippen molar-refractivity contribution in [1.29, 1.82) is 5.26 Å². The summed E-state index contributed by atoms with van der Waals surface area (Å²) in [7, 11) is 0. The molecule has 0 aliphatic heterocycles. The van der Waals surface area contributed by atoms with Gasteiger partial charge < -0.3 is 0 Å². The molecule has 0 radical (unpaired) electrons. The van der Waals surface area contributed by atoms with E-state index in [2.05, 4.69) is 15.9 Å². The molecule has 0 heterocycles. The number of benzene rings is 1. The Kier molecular flexibility index (Phi) is 3.35. The quantitative estimate of drug-likeness (QED) is 0.721. The molecule has 0 aliphatic carbocycles. The van der Waals surface area contributed by atoms with Crippen LogP contribution in [0.1, 0.15) is 11.1 Å². The summed E-state index contributed by atoms with van der Waals surface area (Å²) in [5.41, 5.74) is -1.62.